The zero-order valence-electron chi connectivity index (χ0n) is 16.5. The quantitative estimate of drug-likeness (QED) is 0.449. The maximum absolute atomic E-state index is 12.3. The molecule has 1 atom stereocenters. The lowest BCUT2D eigenvalue weighted by Crippen LogP contribution is -2.16. The summed E-state index contributed by atoms with van der Waals surface area (Å²) in [7, 11) is 0. The van der Waals surface area contributed by atoms with Crippen LogP contribution in [0.3, 0.4) is 0 Å². The van der Waals surface area contributed by atoms with Crippen LogP contribution in [0.2, 0.25) is 0 Å². The average Bonchev–Trinajstić information content (AvgIpc) is 3.24. The van der Waals surface area contributed by atoms with Crippen LogP contribution in [0.1, 0.15) is 31.4 Å². The maximum Gasteiger partial charge on any atom is 0.416 e. The Kier molecular flexibility index (Phi) is 14.2. The molecule has 0 radical (unpaired) electrons. The minimum Gasteiger partial charge on any atom is -0.372 e. The van der Waals surface area contributed by atoms with Crippen LogP contribution in [0.25, 0.3) is 0 Å². The molecule has 0 saturated carbocycles. The zero-order chi connectivity index (χ0) is 21.4. The van der Waals surface area contributed by atoms with Gasteiger partial charge in [0.2, 0.25) is 0 Å². The largest absolute Gasteiger partial charge is 0.416 e. The second kappa shape index (κ2) is 15.2. The van der Waals surface area contributed by atoms with Crippen molar-refractivity contribution in [2.45, 2.75) is 44.1 Å². The molecule has 0 aliphatic carbocycles. The summed E-state index contributed by atoms with van der Waals surface area (Å²) in [5.41, 5.74) is 0.147. The van der Waals surface area contributed by atoms with Crippen molar-refractivity contribution in [2.24, 2.45) is 0 Å². The molecule has 0 amide bonds. The SMILES string of the molecule is C=C.CC.FC(F)(F)c1ccc(COC2CCNC2)cc1.Sc1ccccc1. The third-order valence-corrected chi connectivity index (χ3v) is 3.84. The number of nitrogens with one attached hydrogen (secondary N) is 1. The van der Waals surface area contributed by atoms with E-state index in [9.17, 15) is 13.2 Å². The summed E-state index contributed by atoms with van der Waals surface area (Å²) >= 11 is 4.08. The van der Waals surface area contributed by atoms with Crippen LogP contribution in [0, 0.1) is 0 Å². The monoisotopic (exact) mass is 413 g/mol. The highest BCUT2D eigenvalue weighted by Gasteiger charge is 2.29. The molecule has 0 aromatic heterocycles. The van der Waals surface area contributed by atoms with E-state index >= 15 is 0 Å². The van der Waals surface area contributed by atoms with Crippen molar-refractivity contribution >= 4 is 12.6 Å². The zero-order valence-corrected chi connectivity index (χ0v) is 17.4. The molecule has 2 aromatic rings. The first-order valence-corrected chi connectivity index (χ1v) is 9.62. The third-order valence-electron chi connectivity index (χ3n) is 3.54. The molecule has 6 heteroatoms. The first-order valence-electron chi connectivity index (χ1n) is 9.17. The van der Waals surface area contributed by atoms with Gasteiger partial charge in [0, 0.05) is 11.4 Å². The fraction of sp³-hybridized carbons (Fsp3) is 0.364. The van der Waals surface area contributed by atoms with Gasteiger partial charge in [0.1, 0.15) is 0 Å². The minimum atomic E-state index is -4.27. The Balaban J connectivity index is 0.000000553. The predicted molar refractivity (Wildman–Crippen MR) is 114 cm³/mol. The number of hydrogen-bond acceptors (Lipinski definition) is 3. The normalized spacial score (nSPS) is 15.1. The molecule has 1 aliphatic heterocycles. The molecule has 1 saturated heterocycles. The van der Waals surface area contributed by atoms with Gasteiger partial charge in [-0.3, -0.25) is 0 Å². The van der Waals surface area contributed by atoms with E-state index in [1.54, 1.807) is 0 Å². The van der Waals surface area contributed by atoms with Gasteiger partial charge in [0.25, 0.3) is 0 Å². The Morgan fingerprint density at radius 1 is 1.04 bits per heavy atom. The lowest BCUT2D eigenvalue weighted by Gasteiger charge is -2.11. The summed E-state index contributed by atoms with van der Waals surface area (Å²) in [5, 5.41) is 3.16. The van der Waals surface area contributed by atoms with Gasteiger partial charge < -0.3 is 10.1 Å². The van der Waals surface area contributed by atoms with Crippen molar-refractivity contribution in [3.05, 3.63) is 78.9 Å². The molecule has 0 spiro atoms. The summed E-state index contributed by atoms with van der Waals surface area (Å²) in [5.74, 6) is 0. The summed E-state index contributed by atoms with van der Waals surface area (Å²) in [4.78, 5) is 1.02. The molecular weight excluding hydrogens is 383 g/mol. The molecule has 2 nitrogen and oxygen atoms in total. The van der Waals surface area contributed by atoms with E-state index in [0.717, 1.165) is 42.1 Å². The van der Waals surface area contributed by atoms with Gasteiger partial charge in [-0.25, -0.2) is 0 Å². The van der Waals surface area contributed by atoms with Crippen LogP contribution in [0.4, 0.5) is 13.2 Å². The summed E-state index contributed by atoms with van der Waals surface area (Å²) in [6, 6.07) is 14.9. The molecule has 1 heterocycles. The Hall–Kier alpha value is -1.76. The van der Waals surface area contributed by atoms with E-state index in [4.69, 9.17) is 4.74 Å². The highest BCUT2D eigenvalue weighted by molar-refractivity contribution is 7.80. The van der Waals surface area contributed by atoms with Crippen LogP contribution in [0.15, 0.2) is 72.7 Å². The molecule has 1 aliphatic rings. The number of thiol groups is 1. The van der Waals surface area contributed by atoms with E-state index in [0.29, 0.717) is 6.61 Å². The predicted octanol–water partition coefficient (Wildman–Crippen LogP) is 6.39. The summed E-state index contributed by atoms with van der Waals surface area (Å²) in [6.07, 6.45) is -3.13. The van der Waals surface area contributed by atoms with Crippen LogP contribution in [0.5, 0.6) is 0 Å². The molecule has 156 valence electrons. The van der Waals surface area contributed by atoms with Crippen molar-refractivity contribution in [1.82, 2.24) is 5.32 Å². The van der Waals surface area contributed by atoms with E-state index in [2.05, 4.69) is 31.1 Å². The van der Waals surface area contributed by atoms with Crippen LogP contribution in [-0.4, -0.2) is 19.2 Å². The van der Waals surface area contributed by atoms with E-state index in [-0.39, 0.29) is 6.10 Å². The smallest absolute Gasteiger partial charge is 0.372 e. The number of ether oxygens (including phenoxy) is 1. The molecule has 28 heavy (non-hydrogen) atoms. The van der Waals surface area contributed by atoms with Gasteiger partial charge in [0.05, 0.1) is 18.3 Å². The molecule has 0 bridgehead atoms. The van der Waals surface area contributed by atoms with Crippen LogP contribution >= 0.6 is 12.6 Å². The molecule has 3 rings (SSSR count). The van der Waals surface area contributed by atoms with E-state index in [1.807, 2.05) is 44.2 Å². The number of rotatable bonds is 3. The van der Waals surface area contributed by atoms with Gasteiger partial charge >= 0.3 is 6.18 Å². The van der Waals surface area contributed by atoms with Gasteiger partial charge in [-0.2, -0.15) is 13.2 Å². The Morgan fingerprint density at radius 3 is 2.00 bits per heavy atom. The lowest BCUT2D eigenvalue weighted by atomic mass is 10.1. The summed E-state index contributed by atoms with van der Waals surface area (Å²) < 4.78 is 42.5. The molecular formula is C22H30F3NOS. The van der Waals surface area contributed by atoms with Gasteiger partial charge in [-0.05, 0) is 42.8 Å². The van der Waals surface area contributed by atoms with E-state index in [1.165, 1.54) is 12.1 Å². The number of alkyl halides is 3. The molecule has 2 aromatic carbocycles. The summed E-state index contributed by atoms with van der Waals surface area (Å²) in [6.45, 7) is 12.1. The lowest BCUT2D eigenvalue weighted by molar-refractivity contribution is -0.137. The standard InChI is InChI=1S/C12H14F3NO.C6H6S.C2H6.C2H4/c13-12(14,15)10-3-1-9(2-4-10)8-17-11-5-6-16-7-11;7-6-4-2-1-3-5-6;2*1-2/h1-4,11,16H,5-8H2;1-5,7H;1-2H3;1-2H2. The van der Waals surface area contributed by atoms with Crippen LogP contribution < -0.4 is 5.32 Å². The topological polar surface area (TPSA) is 21.3 Å². The van der Waals surface area contributed by atoms with Crippen molar-refractivity contribution in [1.29, 1.82) is 0 Å². The number of hydrogen-bond donors (Lipinski definition) is 2. The first kappa shape index (κ1) is 26.2. The van der Waals surface area contributed by atoms with Crippen molar-refractivity contribution in [3.8, 4) is 0 Å². The van der Waals surface area contributed by atoms with Crippen molar-refractivity contribution in [3.63, 3.8) is 0 Å². The Morgan fingerprint density at radius 2 is 1.61 bits per heavy atom. The van der Waals surface area contributed by atoms with E-state index < -0.39 is 11.7 Å². The molecule has 1 N–H and O–H groups in total. The van der Waals surface area contributed by atoms with Gasteiger partial charge in [0.15, 0.2) is 0 Å². The van der Waals surface area contributed by atoms with Crippen LogP contribution in [-0.2, 0) is 17.5 Å². The highest BCUT2D eigenvalue weighted by Crippen LogP contribution is 2.29. The second-order valence-electron chi connectivity index (χ2n) is 5.46. The first-order chi connectivity index (χ1) is 13.4. The Labute approximate surface area is 172 Å². The molecule has 1 fully saturated rings. The Bertz CT molecular complexity index is 612. The average molecular weight is 414 g/mol. The number of halogens is 3. The molecule has 1 unspecified atom stereocenters. The third kappa shape index (κ3) is 11.2. The van der Waals surface area contributed by atoms with Gasteiger partial charge in [-0.1, -0.05) is 44.2 Å². The highest BCUT2D eigenvalue weighted by atomic mass is 32.1. The van der Waals surface area contributed by atoms with Crippen molar-refractivity contribution in [2.75, 3.05) is 13.1 Å². The maximum atomic E-state index is 12.3. The van der Waals surface area contributed by atoms with Gasteiger partial charge in [-0.15, -0.1) is 25.8 Å². The second-order valence-corrected chi connectivity index (χ2v) is 5.97. The fourth-order valence-corrected chi connectivity index (χ4v) is 2.37. The minimum absolute atomic E-state index is 0.178. The van der Waals surface area contributed by atoms with Crippen molar-refractivity contribution < 1.29 is 17.9 Å². The number of benzene rings is 2. The fourth-order valence-electron chi connectivity index (χ4n) is 2.20.